The van der Waals surface area contributed by atoms with Gasteiger partial charge in [-0.3, -0.25) is 4.79 Å². The van der Waals surface area contributed by atoms with E-state index >= 15 is 0 Å². The first kappa shape index (κ1) is 15.0. The van der Waals surface area contributed by atoms with Crippen LogP contribution in [0, 0.1) is 5.82 Å². The lowest BCUT2D eigenvalue weighted by molar-refractivity contribution is -0.130. The summed E-state index contributed by atoms with van der Waals surface area (Å²) in [5, 5.41) is 3.05. The Morgan fingerprint density at radius 1 is 1.14 bits per heavy atom. The molecule has 0 aliphatic rings. The molecule has 2 aromatic rings. The Balaban J connectivity index is 1.76. The molecule has 0 aromatic heterocycles. The second kappa shape index (κ2) is 7.43. The number of nitrogens with one attached hydrogen (secondary N) is 1. The monoisotopic (exact) mass is 286 g/mol. The van der Waals surface area contributed by atoms with E-state index < -0.39 is 0 Å². The van der Waals surface area contributed by atoms with Gasteiger partial charge >= 0.3 is 0 Å². The Morgan fingerprint density at radius 3 is 2.62 bits per heavy atom. The minimum atomic E-state index is -0.285. The highest BCUT2D eigenvalue weighted by Crippen LogP contribution is 2.09. The van der Waals surface area contributed by atoms with Crippen LogP contribution in [0.1, 0.15) is 12.0 Å². The highest BCUT2D eigenvalue weighted by atomic mass is 19.1. The van der Waals surface area contributed by atoms with Crippen molar-refractivity contribution in [2.45, 2.75) is 13.0 Å². The van der Waals surface area contributed by atoms with Gasteiger partial charge in [-0.25, -0.2) is 4.39 Å². The van der Waals surface area contributed by atoms with Gasteiger partial charge in [0.1, 0.15) is 5.82 Å². The minimum Gasteiger partial charge on any atom is -0.384 e. The fourth-order valence-corrected chi connectivity index (χ4v) is 2.05. The Bertz CT molecular complexity index is 586. The zero-order chi connectivity index (χ0) is 15.1. The molecule has 1 N–H and O–H groups in total. The standard InChI is InChI=1S/C17H19FN2O/c1-20(13-14-6-3-2-4-7-14)17(21)10-11-19-16-9-5-8-15(18)12-16/h2-9,12,19H,10-11,13H2,1H3. The van der Waals surface area contributed by atoms with E-state index in [0.717, 1.165) is 5.56 Å². The molecule has 2 aromatic carbocycles. The zero-order valence-corrected chi connectivity index (χ0v) is 12.1. The highest BCUT2D eigenvalue weighted by molar-refractivity contribution is 5.76. The third-order valence-corrected chi connectivity index (χ3v) is 3.18. The van der Waals surface area contributed by atoms with E-state index in [1.807, 2.05) is 30.3 Å². The number of carbonyl (C=O) groups is 1. The van der Waals surface area contributed by atoms with Gasteiger partial charge < -0.3 is 10.2 Å². The van der Waals surface area contributed by atoms with Crippen LogP contribution in [0.15, 0.2) is 54.6 Å². The van der Waals surface area contributed by atoms with E-state index in [2.05, 4.69) is 5.32 Å². The number of nitrogens with zero attached hydrogens (tertiary/aromatic N) is 1. The van der Waals surface area contributed by atoms with E-state index in [1.165, 1.54) is 12.1 Å². The van der Waals surface area contributed by atoms with Gasteiger partial charge in [-0.2, -0.15) is 0 Å². The molecular formula is C17H19FN2O. The van der Waals surface area contributed by atoms with Crippen molar-refractivity contribution in [3.8, 4) is 0 Å². The average Bonchev–Trinajstić information content (AvgIpc) is 2.48. The molecule has 0 spiro atoms. The normalized spacial score (nSPS) is 10.2. The molecule has 110 valence electrons. The lowest BCUT2D eigenvalue weighted by Gasteiger charge is -2.17. The van der Waals surface area contributed by atoms with Gasteiger partial charge in [0.05, 0.1) is 0 Å². The van der Waals surface area contributed by atoms with Crippen LogP contribution in [0.3, 0.4) is 0 Å². The molecule has 0 saturated carbocycles. The van der Waals surface area contributed by atoms with Gasteiger partial charge in [-0.05, 0) is 23.8 Å². The molecular weight excluding hydrogens is 267 g/mol. The number of hydrogen-bond donors (Lipinski definition) is 1. The van der Waals surface area contributed by atoms with Crippen LogP contribution in [0.2, 0.25) is 0 Å². The summed E-state index contributed by atoms with van der Waals surface area (Å²) in [7, 11) is 1.79. The molecule has 0 aliphatic carbocycles. The fourth-order valence-electron chi connectivity index (χ4n) is 2.05. The Morgan fingerprint density at radius 2 is 1.90 bits per heavy atom. The van der Waals surface area contributed by atoms with E-state index in [0.29, 0.717) is 25.2 Å². The first-order chi connectivity index (χ1) is 10.1. The summed E-state index contributed by atoms with van der Waals surface area (Å²) in [6.07, 6.45) is 0.375. The lowest BCUT2D eigenvalue weighted by Crippen LogP contribution is -2.27. The quantitative estimate of drug-likeness (QED) is 0.883. The van der Waals surface area contributed by atoms with Gasteiger partial charge in [-0.1, -0.05) is 36.4 Å². The van der Waals surface area contributed by atoms with Crippen LogP contribution in [0.5, 0.6) is 0 Å². The van der Waals surface area contributed by atoms with Crippen molar-refractivity contribution in [3.05, 3.63) is 66.0 Å². The van der Waals surface area contributed by atoms with Crippen molar-refractivity contribution in [3.63, 3.8) is 0 Å². The van der Waals surface area contributed by atoms with E-state index in [4.69, 9.17) is 0 Å². The first-order valence-corrected chi connectivity index (χ1v) is 6.92. The Hall–Kier alpha value is -2.36. The third-order valence-electron chi connectivity index (χ3n) is 3.18. The van der Waals surface area contributed by atoms with E-state index in [1.54, 1.807) is 24.1 Å². The summed E-state index contributed by atoms with van der Waals surface area (Å²) in [6, 6.07) is 16.1. The SMILES string of the molecule is CN(Cc1ccccc1)C(=O)CCNc1cccc(F)c1. The van der Waals surface area contributed by atoms with Crippen molar-refractivity contribution in [2.24, 2.45) is 0 Å². The van der Waals surface area contributed by atoms with Crippen molar-refractivity contribution in [2.75, 3.05) is 18.9 Å². The molecule has 0 bridgehead atoms. The molecule has 0 heterocycles. The summed E-state index contributed by atoms with van der Waals surface area (Å²) in [5.41, 5.74) is 1.79. The molecule has 0 fully saturated rings. The van der Waals surface area contributed by atoms with Crippen LogP contribution in [-0.2, 0) is 11.3 Å². The summed E-state index contributed by atoms with van der Waals surface area (Å²) in [5.74, 6) is -0.227. The second-order valence-electron chi connectivity index (χ2n) is 4.92. The maximum atomic E-state index is 13.0. The maximum absolute atomic E-state index is 13.0. The topological polar surface area (TPSA) is 32.3 Å². The van der Waals surface area contributed by atoms with Gasteiger partial charge in [0.25, 0.3) is 0 Å². The molecule has 3 nitrogen and oxygen atoms in total. The molecule has 0 radical (unpaired) electrons. The molecule has 0 aliphatic heterocycles. The van der Waals surface area contributed by atoms with Crippen molar-refractivity contribution < 1.29 is 9.18 Å². The number of rotatable bonds is 6. The molecule has 0 saturated heterocycles. The van der Waals surface area contributed by atoms with Gasteiger partial charge in [0, 0.05) is 32.2 Å². The summed E-state index contributed by atoms with van der Waals surface area (Å²) in [6.45, 7) is 1.08. The summed E-state index contributed by atoms with van der Waals surface area (Å²) in [4.78, 5) is 13.7. The summed E-state index contributed by atoms with van der Waals surface area (Å²) < 4.78 is 13.0. The number of benzene rings is 2. The van der Waals surface area contributed by atoms with Gasteiger partial charge in [-0.15, -0.1) is 0 Å². The highest BCUT2D eigenvalue weighted by Gasteiger charge is 2.08. The van der Waals surface area contributed by atoms with Crippen LogP contribution in [0.25, 0.3) is 0 Å². The minimum absolute atomic E-state index is 0.0581. The predicted molar refractivity (Wildman–Crippen MR) is 82.4 cm³/mol. The van der Waals surface area contributed by atoms with Crippen LogP contribution < -0.4 is 5.32 Å². The van der Waals surface area contributed by atoms with E-state index in [-0.39, 0.29) is 11.7 Å². The Labute approximate surface area is 124 Å². The lowest BCUT2D eigenvalue weighted by atomic mass is 10.2. The second-order valence-corrected chi connectivity index (χ2v) is 4.92. The zero-order valence-electron chi connectivity index (χ0n) is 12.1. The number of amides is 1. The summed E-state index contributed by atoms with van der Waals surface area (Å²) >= 11 is 0. The molecule has 0 unspecified atom stereocenters. The molecule has 2 rings (SSSR count). The van der Waals surface area contributed by atoms with Crippen LogP contribution in [0.4, 0.5) is 10.1 Å². The molecule has 4 heteroatoms. The van der Waals surface area contributed by atoms with Crippen LogP contribution in [-0.4, -0.2) is 24.4 Å². The maximum Gasteiger partial charge on any atom is 0.224 e. The number of anilines is 1. The largest absolute Gasteiger partial charge is 0.384 e. The van der Waals surface area contributed by atoms with E-state index in [9.17, 15) is 9.18 Å². The number of carbonyl (C=O) groups excluding carboxylic acids is 1. The van der Waals surface area contributed by atoms with Crippen LogP contribution >= 0.6 is 0 Å². The average molecular weight is 286 g/mol. The van der Waals surface area contributed by atoms with Crippen molar-refractivity contribution in [1.29, 1.82) is 0 Å². The Kier molecular flexibility index (Phi) is 5.32. The molecule has 21 heavy (non-hydrogen) atoms. The van der Waals surface area contributed by atoms with Crippen molar-refractivity contribution in [1.82, 2.24) is 4.90 Å². The fraction of sp³-hybridized carbons (Fsp3) is 0.235. The third kappa shape index (κ3) is 4.91. The smallest absolute Gasteiger partial charge is 0.224 e. The number of hydrogen-bond acceptors (Lipinski definition) is 2. The molecule has 1 amide bonds. The predicted octanol–water partition coefficient (Wildman–Crippen LogP) is 3.29. The van der Waals surface area contributed by atoms with Crippen molar-refractivity contribution >= 4 is 11.6 Å². The molecule has 0 atom stereocenters. The van der Waals surface area contributed by atoms with Gasteiger partial charge in [0.15, 0.2) is 0 Å². The first-order valence-electron chi connectivity index (χ1n) is 6.92. The number of halogens is 1. The van der Waals surface area contributed by atoms with Gasteiger partial charge in [0.2, 0.25) is 5.91 Å².